The molecule has 3 aliphatic rings. The summed E-state index contributed by atoms with van der Waals surface area (Å²) in [6, 6.07) is 8.74. The minimum Gasteiger partial charge on any atom is -0.378 e. The molecule has 0 N–H and O–H groups in total. The van der Waals surface area contributed by atoms with Crippen molar-refractivity contribution in [3.8, 4) is 11.4 Å². The zero-order chi connectivity index (χ0) is 21.5. The smallest absolute Gasteiger partial charge is 0.162 e. The number of morpholine rings is 1. The number of nitrogens with zero attached hydrogens (tertiary/aromatic N) is 6. The third kappa shape index (κ3) is 3.92. The lowest BCUT2D eigenvalue weighted by molar-refractivity contribution is 0.122. The van der Waals surface area contributed by atoms with E-state index in [1.165, 1.54) is 20.7 Å². The molecule has 0 amide bonds. The fraction of sp³-hybridized carbons (Fsp3) is 0.458. The molecule has 1 aromatic carbocycles. The van der Waals surface area contributed by atoms with Crippen molar-refractivity contribution >= 4 is 33.6 Å². The molecule has 2 saturated heterocycles. The van der Waals surface area contributed by atoms with E-state index >= 15 is 0 Å². The Labute approximate surface area is 192 Å². The van der Waals surface area contributed by atoms with Gasteiger partial charge in [-0.1, -0.05) is 12.1 Å². The highest BCUT2D eigenvalue weighted by molar-refractivity contribution is 7.19. The van der Waals surface area contributed by atoms with Crippen LogP contribution in [0.4, 0.5) is 5.82 Å². The molecule has 0 radical (unpaired) electrons. The minimum atomic E-state index is 0.745. The summed E-state index contributed by atoms with van der Waals surface area (Å²) in [5.41, 5.74) is 4.58. The number of anilines is 1. The highest BCUT2D eigenvalue weighted by Gasteiger charge is 2.22. The van der Waals surface area contributed by atoms with Gasteiger partial charge in [-0.2, -0.15) is 0 Å². The first-order valence-corrected chi connectivity index (χ1v) is 12.2. The molecule has 0 saturated carbocycles. The fourth-order valence-corrected chi connectivity index (χ4v) is 5.79. The summed E-state index contributed by atoms with van der Waals surface area (Å²) < 4.78 is 6.81. The lowest BCUT2D eigenvalue weighted by Crippen LogP contribution is -2.43. The van der Waals surface area contributed by atoms with E-state index in [0.717, 1.165) is 88.3 Å². The number of aromatic nitrogens is 2. The van der Waals surface area contributed by atoms with Crippen molar-refractivity contribution in [2.75, 3.05) is 64.4 Å². The van der Waals surface area contributed by atoms with E-state index < -0.39 is 0 Å². The normalized spacial score (nSPS) is 19.7. The molecule has 7 nitrogen and oxygen atoms in total. The Bertz CT molecular complexity index is 1160. The van der Waals surface area contributed by atoms with Crippen LogP contribution in [0, 0.1) is 0 Å². The van der Waals surface area contributed by atoms with Crippen LogP contribution < -0.4 is 4.90 Å². The van der Waals surface area contributed by atoms with Crippen LogP contribution in [0.5, 0.6) is 0 Å². The van der Waals surface area contributed by atoms with Gasteiger partial charge < -0.3 is 14.5 Å². The largest absolute Gasteiger partial charge is 0.378 e. The molecule has 3 aromatic rings. The van der Waals surface area contributed by atoms with Gasteiger partial charge in [-0.15, -0.1) is 11.3 Å². The maximum atomic E-state index is 5.61. The van der Waals surface area contributed by atoms with Crippen molar-refractivity contribution in [2.45, 2.75) is 13.1 Å². The van der Waals surface area contributed by atoms with Gasteiger partial charge in [-0.25, -0.2) is 9.97 Å². The van der Waals surface area contributed by atoms with Crippen molar-refractivity contribution < 1.29 is 4.74 Å². The fourth-order valence-electron chi connectivity index (χ4n) is 4.64. The summed E-state index contributed by atoms with van der Waals surface area (Å²) in [4.78, 5) is 23.2. The van der Waals surface area contributed by atoms with Gasteiger partial charge in [-0.05, 0) is 30.3 Å². The predicted molar refractivity (Wildman–Crippen MR) is 130 cm³/mol. The zero-order valence-corrected chi connectivity index (χ0v) is 19.3. The molecule has 2 aromatic heterocycles. The Balaban J connectivity index is 1.38. The van der Waals surface area contributed by atoms with Gasteiger partial charge in [0.25, 0.3) is 0 Å². The Morgan fingerprint density at radius 1 is 1.00 bits per heavy atom. The number of hydrogen-bond acceptors (Lipinski definition) is 8. The number of aliphatic imine (C=N–C) groups is 1. The van der Waals surface area contributed by atoms with Crippen molar-refractivity contribution in [1.82, 2.24) is 19.8 Å². The molecule has 8 heteroatoms. The maximum absolute atomic E-state index is 5.61. The van der Waals surface area contributed by atoms with E-state index in [4.69, 9.17) is 14.7 Å². The molecule has 3 aliphatic heterocycles. The van der Waals surface area contributed by atoms with Gasteiger partial charge in [0, 0.05) is 62.5 Å². The van der Waals surface area contributed by atoms with Crippen LogP contribution in [-0.2, 0) is 17.8 Å². The van der Waals surface area contributed by atoms with Crippen molar-refractivity contribution in [3.63, 3.8) is 0 Å². The minimum absolute atomic E-state index is 0.745. The van der Waals surface area contributed by atoms with Crippen LogP contribution in [-0.4, -0.2) is 85.5 Å². The second kappa shape index (κ2) is 8.51. The van der Waals surface area contributed by atoms with Crippen LogP contribution in [0.2, 0.25) is 0 Å². The Hall–Kier alpha value is -2.39. The Morgan fingerprint density at radius 2 is 1.84 bits per heavy atom. The van der Waals surface area contributed by atoms with Gasteiger partial charge in [-0.3, -0.25) is 9.89 Å². The Kier molecular flexibility index (Phi) is 5.38. The number of benzene rings is 1. The summed E-state index contributed by atoms with van der Waals surface area (Å²) in [7, 11) is 2.20. The van der Waals surface area contributed by atoms with E-state index in [0.29, 0.717) is 0 Å². The third-order valence-corrected chi connectivity index (χ3v) is 7.69. The molecule has 166 valence electrons. The summed E-state index contributed by atoms with van der Waals surface area (Å²) in [6.07, 6.45) is 1.95. The quantitative estimate of drug-likeness (QED) is 0.612. The lowest BCUT2D eigenvalue weighted by atomic mass is 10.1. The molecule has 5 heterocycles. The van der Waals surface area contributed by atoms with Crippen LogP contribution in [0.25, 0.3) is 21.6 Å². The van der Waals surface area contributed by atoms with Crippen LogP contribution in [0.3, 0.4) is 0 Å². The SMILES string of the molecule is CN1CCN(Cc2cc3nc(-c4ccc5c(c4)CN=C5)nc(N4CCOCC4)c3s2)CC1. The molecule has 0 unspecified atom stereocenters. The number of thiophene rings is 1. The van der Waals surface area contributed by atoms with E-state index in [2.05, 4.69) is 51.0 Å². The molecule has 0 spiro atoms. The van der Waals surface area contributed by atoms with Crippen molar-refractivity contribution in [2.24, 2.45) is 4.99 Å². The molecule has 32 heavy (non-hydrogen) atoms. The number of hydrogen-bond donors (Lipinski definition) is 0. The Morgan fingerprint density at radius 3 is 2.69 bits per heavy atom. The van der Waals surface area contributed by atoms with Crippen LogP contribution in [0.1, 0.15) is 16.0 Å². The standard InChI is InChI=1S/C24H28N6OS/c1-28-4-6-29(7-5-28)16-20-13-21-22(32-20)24(30-8-10-31-11-9-30)27-23(26-21)17-2-3-18-14-25-15-19(18)12-17/h2-3,12-14H,4-11,15-16H2,1H3. The molecule has 0 bridgehead atoms. The maximum Gasteiger partial charge on any atom is 0.162 e. The third-order valence-electron chi connectivity index (χ3n) is 6.58. The van der Waals surface area contributed by atoms with Gasteiger partial charge in [0.05, 0.1) is 30.0 Å². The number of fused-ring (bicyclic) bond motifs is 2. The van der Waals surface area contributed by atoms with Gasteiger partial charge >= 0.3 is 0 Å². The summed E-state index contributed by atoms with van der Waals surface area (Å²) in [5, 5.41) is 0. The second-order valence-corrected chi connectivity index (χ2v) is 10.00. The number of ether oxygens (including phenoxy) is 1. The van der Waals surface area contributed by atoms with Gasteiger partial charge in [0.1, 0.15) is 0 Å². The van der Waals surface area contributed by atoms with Crippen LogP contribution in [0.15, 0.2) is 29.3 Å². The average molecular weight is 449 g/mol. The van der Waals surface area contributed by atoms with Crippen LogP contribution >= 0.6 is 11.3 Å². The molecular formula is C24H28N6OS. The molecule has 0 atom stereocenters. The van der Waals surface area contributed by atoms with E-state index in [1.54, 1.807) is 0 Å². The monoisotopic (exact) mass is 448 g/mol. The summed E-state index contributed by atoms with van der Waals surface area (Å²) in [6.45, 7) is 9.48. The van der Waals surface area contributed by atoms with Crippen molar-refractivity contribution in [1.29, 1.82) is 0 Å². The van der Waals surface area contributed by atoms with Crippen molar-refractivity contribution in [3.05, 3.63) is 40.3 Å². The summed E-state index contributed by atoms with van der Waals surface area (Å²) >= 11 is 1.85. The zero-order valence-electron chi connectivity index (χ0n) is 18.5. The average Bonchev–Trinajstić information content (AvgIpc) is 3.46. The number of rotatable bonds is 4. The van der Waals surface area contributed by atoms with Gasteiger partial charge in [0.15, 0.2) is 11.6 Å². The predicted octanol–water partition coefficient (Wildman–Crippen LogP) is 2.87. The first-order chi connectivity index (χ1) is 15.7. The molecular weight excluding hydrogens is 420 g/mol. The lowest BCUT2D eigenvalue weighted by Gasteiger charge is -2.31. The number of likely N-dealkylation sites (N-methyl/N-ethyl adjacent to an activating group) is 1. The molecule has 6 rings (SSSR count). The first kappa shape index (κ1) is 20.2. The van der Waals surface area contributed by atoms with Gasteiger partial charge in [0.2, 0.25) is 0 Å². The summed E-state index contributed by atoms with van der Waals surface area (Å²) in [5.74, 6) is 1.86. The van der Waals surface area contributed by atoms with E-state index in [1.807, 2.05) is 17.6 Å². The highest BCUT2D eigenvalue weighted by atomic mass is 32.1. The van der Waals surface area contributed by atoms with E-state index in [9.17, 15) is 0 Å². The molecule has 0 aliphatic carbocycles. The highest BCUT2D eigenvalue weighted by Crippen LogP contribution is 2.35. The topological polar surface area (TPSA) is 57.1 Å². The molecule has 2 fully saturated rings. The van der Waals surface area contributed by atoms with E-state index in [-0.39, 0.29) is 0 Å². The second-order valence-electron chi connectivity index (χ2n) is 8.86. The first-order valence-electron chi connectivity index (χ1n) is 11.4. The number of piperazine rings is 1.